The van der Waals surface area contributed by atoms with Crippen LogP contribution in [-0.4, -0.2) is 20.0 Å². The van der Waals surface area contributed by atoms with Gasteiger partial charge in [0.05, 0.1) is 10.6 Å². The van der Waals surface area contributed by atoms with Gasteiger partial charge in [-0.3, -0.25) is 9.78 Å². The number of rotatable bonds is 5. The summed E-state index contributed by atoms with van der Waals surface area (Å²) in [6, 6.07) is 6.48. The number of H-pyrrole nitrogens is 1. The fraction of sp³-hybridized carbons (Fsp3) is 0.333. The maximum Gasteiger partial charge on any atom is 0.102 e. The van der Waals surface area contributed by atoms with Crippen molar-refractivity contribution in [1.29, 1.82) is 0 Å². The van der Waals surface area contributed by atoms with Gasteiger partial charge in [0.2, 0.25) is 0 Å². The van der Waals surface area contributed by atoms with E-state index in [1.165, 1.54) is 10.4 Å². The van der Waals surface area contributed by atoms with Crippen LogP contribution in [0.3, 0.4) is 0 Å². The van der Waals surface area contributed by atoms with E-state index in [0.717, 1.165) is 23.6 Å². The Labute approximate surface area is 128 Å². The van der Waals surface area contributed by atoms with Crippen molar-refractivity contribution >= 4 is 11.3 Å². The molecule has 3 aromatic heterocycles. The van der Waals surface area contributed by atoms with Crippen LogP contribution >= 0.6 is 11.3 Å². The molecule has 0 bridgehead atoms. The second kappa shape index (κ2) is 5.83. The summed E-state index contributed by atoms with van der Waals surface area (Å²) in [5.74, 6) is 0. The number of aryl methyl sites for hydroxylation is 2. The predicted octanol–water partition coefficient (Wildman–Crippen LogP) is 3.03. The van der Waals surface area contributed by atoms with Crippen molar-refractivity contribution in [1.82, 2.24) is 25.3 Å². The molecule has 0 amide bonds. The maximum absolute atomic E-state index is 4.38. The summed E-state index contributed by atoms with van der Waals surface area (Å²) in [4.78, 5) is 1.19. The van der Waals surface area contributed by atoms with Crippen LogP contribution in [0.2, 0.25) is 0 Å². The minimum absolute atomic E-state index is 0.257. The van der Waals surface area contributed by atoms with Crippen molar-refractivity contribution in [2.75, 3.05) is 0 Å². The van der Waals surface area contributed by atoms with E-state index in [-0.39, 0.29) is 6.04 Å². The van der Waals surface area contributed by atoms with E-state index in [0.29, 0.717) is 0 Å². The molecule has 3 rings (SSSR count). The molecule has 0 aromatic carbocycles. The first-order valence-corrected chi connectivity index (χ1v) is 7.83. The van der Waals surface area contributed by atoms with Crippen LogP contribution in [0.1, 0.15) is 29.9 Å². The first-order valence-electron chi connectivity index (χ1n) is 6.95. The zero-order valence-electron chi connectivity index (χ0n) is 12.4. The number of aromatic nitrogens is 4. The Morgan fingerprint density at radius 2 is 2.33 bits per heavy atom. The van der Waals surface area contributed by atoms with Crippen LogP contribution in [0.4, 0.5) is 0 Å². The van der Waals surface area contributed by atoms with E-state index in [2.05, 4.69) is 51.2 Å². The molecule has 0 fully saturated rings. The lowest BCUT2D eigenvalue weighted by molar-refractivity contribution is 0.564. The largest absolute Gasteiger partial charge is 0.304 e. The maximum atomic E-state index is 4.38. The highest BCUT2D eigenvalue weighted by Crippen LogP contribution is 2.23. The smallest absolute Gasteiger partial charge is 0.102 e. The topological polar surface area (TPSA) is 58.5 Å². The second-order valence-electron chi connectivity index (χ2n) is 5.20. The summed E-state index contributed by atoms with van der Waals surface area (Å²) in [5.41, 5.74) is 4.40. The molecule has 110 valence electrons. The minimum Gasteiger partial charge on any atom is -0.304 e. The van der Waals surface area contributed by atoms with Gasteiger partial charge in [0, 0.05) is 37.1 Å². The zero-order valence-corrected chi connectivity index (χ0v) is 13.2. The van der Waals surface area contributed by atoms with Gasteiger partial charge in [-0.2, -0.15) is 10.2 Å². The molecule has 0 radical (unpaired) electrons. The number of thiophene rings is 1. The predicted molar refractivity (Wildman–Crippen MR) is 85.1 cm³/mol. The van der Waals surface area contributed by atoms with Crippen molar-refractivity contribution in [2.24, 2.45) is 7.05 Å². The molecule has 6 heteroatoms. The van der Waals surface area contributed by atoms with Crippen LogP contribution in [0, 0.1) is 6.92 Å². The summed E-state index contributed by atoms with van der Waals surface area (Å²) in [6.45, 7) is 4.95. The zero-order chi connectivity index (χ0) is 14.8. The molecule has 0 saturated heterocycles. The summed E-state index contributed by atoms with van der Waals surface area (Å²) >= 11 is 1.70. The van der Waals surface area contributed by atoms with Crippen LogP contribution in [-0.2, 0) is 13.6 Å². The Morgan fingerprint density at radius 1 is 1.48 bits per heavy atom. The Kier molecular flexibility index (Phi) is 3.90. The Hall–Kier alpha value is -1.92. The van der Waals surface area contributed by atoms with Crippen LogP contribution in [0.5, 0.6) is 0 Å². The van der Waals surface area contributed by atoms with E-state index >= 15 is 0 Å². The summed E-state index contributed by atoms with van der Waals surface area (Å²) in [6.07, 6.45) is 2.07. The average molecular weight is 301 g/mol. The third kappa shape index (κ3) is 3.06. The number of nitrogens with zero attached hydrogens (tertiary/aromatic N) is 3. The molecule has 1 unspecified atom stereocenters. The highest BCUT2D eigenvalue weighted by atomic mass is 32.1. The lowest BCUT2D eigenvalue weighted by atomic mass is 10.1. The second-order valence-corrected chi connectivity index (χ2v) is 6.15. The highest BCUT2D eigenvalue weighted by molar-refractivity contribution is 7.13. The number of hydrogen-bond acceptors (Lipinski definition) is 4. The normalized spacial score (nSPS) is 12.7. The average Bonchev–Trinajstić information content (AvgIpc) is 3.15. The SMILES string of the molecule is Cc1nn(C)cc1C(C)NCc1cc(-c2cccs2)n[nH]1. The standard InChI is InChI=1S/C15H19N5S/c1-10(13-9-20(3)19-11(13)2)16-8-12-7-14(18-17-12)15-5-4-6-21-15/h4-7,9-10,16H,8H2,1-3H3,(H,17,18). The van der Waals surface area contributed by atoms with Crippen LogP contribution < -0.4 is 5.32 Å². The molecule has 0 aliphatic carbocycles. The van der Waals surface area contributed by atoms with Crippen molar-refractivity contribution in [3.05, 3.63) is 46.7 Å². The van der Waals surface area contributed by atoms with Crippen LogP contribution in [0.15, 0.2) is 29.8 Å². The molecule has 5 nitrogen and oxygen atoms in total. The molecular weight excluding hydrogens is 282 g/mol. The Morgan fingerprint density at radius 3 is 3.00 bits per heavy atom. The van der Waals surface area contributed by atoms with Crippen molar-refractivity contribution in [3.8, 4) is 10.6 Å². The molecule has 1 atom stereocenters. The van der Waals surface area contributed by atoms with E-state index in [1.54, 1.807) is 11.3 Å². The van der Waals surface area contributed by atoms with Gasteiger partial charge in [-0.25, -0.2) is 0 Å². The van der Waals surface area contributed by atoms with Gasteiger partial charge >= 0.3 is 0 Å². The van der Waals surface area contributed by atoms with Gasteiger partial charge in [0.25, 0.3) is 0 Å². The Bertz CT molecular complexity index is 710. The third-order valence-electron chi connectivity index (χ3n) is 3.52. The molecule has 3 heterocycles. The lowest BCUT2D eigenvalue weighted by Gasteiger charge is -2.11. The first kappa shape index (κ1) is 14.0. The van der Waals surface area contributed by atoms with Crippen molar-refractivity contribution < 1.29 is 0 Å². The van der Waals surface area contributed by atoms with Gasteiger partial charge in [0.1, 0.15) is 5.69 Å². The molecule has 0 aliphatic rings. The summed E-state index contributed by atoms with van der Waals surface area (Å²) in [7, 11) is 1.95. The number of nitrogens with one attached hydrogen (secondary N) is 2. The fourth-order valence-corrected chi connectivity index (χ4v) is 3.10. The fourth-order valence-electron chi connectivity index (χ4n) is 2.42. The van der Waals surface area contributed by atoms with Crippen molar-refractivity contribution in [3.63, 3.8) is 0 Å². The summed E-state index contributed by atoms with van der Waals surface area (Å²) in [5, 5.41) is 17.4. The van der Waals surface area contributed by atoms with Gasteiger partial charge in [-0.1, -0.05) is 6.07 Å². The molecule has 21 heavy (non-hydrogen) atoms. The van der Waals surface area contributed by atoms with E-state index in [4.69, 9.17) is 0 Å². The molecule has 0 aliphatic heterocycles. The number of hydrogen-bond donors (Lipinski definition) is 2. The third-order valence-corrected chi connectivity index (χ3v) is 4.41. The van der Waals surface area contributed by atoms with Crippen molar-refractivity contribution in [2.45, 2.75) is 26.4 Å². The Balaban J connectivity index is 1.64. The molecule has 0 saturated carbocycles. The number of aromatic amines is 1. The minimum atomic E-state index is 0.257. The summed E-state index contributed by atoms with van der Waals surface area (Å²) < 4.78 is 1.86. The van der Waals surface area contributed by atoms with E-state index < -0.39 is 0 Å². The monoisotopic (exact) mass is 301 g/mol. The van der Waals surface area contributed by atoms with Gasteiger partial charge in [-0.15, -0.1) is 11.3 Å². The van der Waals surface area contributed by atoms with Gasteiger partial charge in [0.15, 0.2) is 0 Å². The molecule has 2 N–H and O–H groups in total. The first-order chi connectivity index (χ1) is 10.1. The van der Waals surface area contributed by atoms with E-state index in [9.17, 15) is 0 Å². The molecule has 0 spiro atoms. The molecule has 3 aromatic rings. The quantitative estimate of drug-likeness (QED) is 0.761. The van der Waals surface area contributed by atoms with E-state index in [1.807, 2.05) is 24.7 Å². The lowest BCUT2D eigenvalue weighted by Crippen LogP contribution is -2.18. The van der Waals surface area contributed by atoms with Gasteiger partial charge in [-0.05, 0) is 31.4 Å². The highest BCUT2D eigenvalue weighted by Gasteiger charge is 2.12. The molecular formula is C15H19N5S. The van der Waals surface area contributed by atoms with Crippen LogP contribution in [0.25, 0.3) is 10.6 Å². The van der Waals surface area contributed by atoms with Gasteiger partial charge < -0.3 is 5.32 Å².